The van der Waals surface area contributed by atoms with Crippen LogP contribution >= 0.6 is 0 Å². The molecule has 0 saturated carbocycles. The zero-order valence-corrected chi connectivity index (χ0v) is 16.9. The molecule has 3 rings (SSSR count). The van der Waals surface area contributed by atoms with E-state index in [2.05, 4.69) is 77.7 Å². The number of hydrogen-bond donors (Lipinski definition) is 1. The zero-order chi connectivity index (χ0) is 19.1. The quantitative estimate of drug-likeness (QED) is 0.584. The Bertz CT molecular complexity index is 906. The maximum absolute atomic E-state index is 6.01. The third-order valence-electron chi connectivity index (χ3n) is 4.02. The maximum Gasteiger partial charge on any atom is 0.120 e. The molecular weight excluding hydrogens is 322 g/mol. The number of rotatable bonds is 3. The molecule has 0 amide bonds. The Hall–Kier alpha value is -2.42. The van der Waals surface area contributed by atoms with Crippen molar-refractivity contribution in [2.75, 3.05) is 0 Å². The second-order valence-corrected chi connectivity index (χ2v) is 8.79. The molecule has 138 valence electrons. The Morgan fingerprint density at radius 3 is 1.85 bits per heavy atom. The van der Waals surface area contributed by atoms with Gasteiger partial charge < -0.3 is 14.5 Å². The predicted octanol–water partition coefficient (Wildman–Crippen LogP) is 6.50. The van der Waals surface area contributed by atoms with E-state index in [0.29, 0.717) is 0 Å². The minimum absolute atomic E-state index is 0.192. The lowest BCUT2D eigenvalue weighted by atomic mass is 10.1. The highest BCUT2D eigenvalue weighted by Gasteiger charge is 2.15. The number of hydrogen-bond acceptors (Lipinski definition) is 2. The van der Waals surface area contributed by atoms with Gasteiger partial charge in [0.1, 0.15) is 22.7 Å². The number of aromatic nitrogens is 1. The maximum atomic E-state index is 6.01. The highest BCUT2D eigenvalue weighted by molar-refractivity contribution is 5.91. The first-order valence-corrected chi connectivity index (χ1v) is 9.13. The van der Waals surface area contributed by atoms with Crippen LogP contribution in [0, 0.1) is 6.92 Å². The van der Waals surface area contributed by atoms with Crippen molar-refractivity contribution in [3.63, 3.8) is 0 Å². The van der Waals surface area contributed by atoms with E-state index in [1.807, 2.05) is 18.2 Å². The number of nitrogens with one attached hydrogen (secondary N) is 1. The monoisotopic (exact) mass is 351 g/mol. The van der Waals surface area contributed by atoms with E-state index >= 15 is 0 Å². The van der Waals surface area contributed by atoms with E-state index in [0.717, 1.165) is 28.3 Å². The van der Waals surface area contributed by atoms with Crippen molar-refractivity contribution in [2.24, 2.45) is 0 Å². The molecule has 1 aromatic heterocycles. The van der Waals surface area contributed by atoms with Crippen LogP contribution in [0.25, 0.3) is 22.2 Å². The summed E-state index contributed by atoms with van der Waals surface area (Å²) in [6, 6.07) is 14.5. The summed E-state index contributed by atoms with van der Waals surface area (Å²) in [4.78, 5) is 3.54. The topological polar surface area (TPSA) is 34.2 Å². The van der Waals surface area contributed by atoms with Gasteiger partial charge in [-0.25, -0.2) is 0 Å². The average Bonchev–Trinajstić information content (AvgIpc) is 2.82. The summed E-state index contributed by atoms with van der Waals surface area (Å²) >= 11 is 0. The standard InChI is InChI=1S/C23H29NO2/c1-15-19-14-18(26-23(5,6)7)12-13-20(19)24-21(15)16-8-10-17(11-9-16)25-22(2,3)4/h8-14,24H,1-7H3. The lowest BCUT2D eigenvalue weighted by molar-refractivity contribution is 0.130. The summed E-state index contributed by atoms with van der Waals surface area (Å²) in [7, 11) is 0. The molecular formula is C23H29NO2. The Balaban J connectivity index is 1.94. The van der Waals surface area contributed by atoms with Crippen molar-refractivity contribution in [2.45, 2.75) is 59.7 Å². The molecule has 1 heterocycles. The number of ether oxygens (including phenoxy) is 2. The SMILES string of the molecule is Cc1c(-c2ccc(OC(C)(C)C)cc2)[nH]c2ccc(OC(C)(C)C)cc12. The second-order valence-electron chi connectivity index (χ2n) is 8.79. The van der Waals surface area contributed by atoms with E-state index in [1.165, 1.54) is 10.9 Å². The first-order chi connectivity index (χ1) is 12.0. The van der Waals surface area contributed by atoms with Gasteiger partial charge in [0.2, 0.25) is 0 Å². The van der Waals surface area contributed by atoms with Crippen LogP contribution < -0.4 is 9.47 Å². The molecule has 3 nitrogen and oxygen atoms in total. The smallest absolute Gasteiger partial charge is 0.120 e. The van der Waals surface area contributed by atoms with E-state index in [9.17, 15) is 0 Å². The molecule has 26 heavy (non-hydrogen) atoms. The number of H-pyrrole nitrogens is 1. The molecule has 0 saturated heterocycles. The summed E-state index contributed by atoms with van der Waals surface area (Å²) < 4.78 is 11.9. The van der Waals surface area contributed by atoms with Crippen LogP contribution in [0.5, 0.6) is 11.5 Å². The summed E-state index contributed by atoms with van der Waals surface area (Å²) in [6.07, 6.45) is 0. The molecule has 0 unspecified atom stereocenters. The lowest BCUT2D eigenvalue weighted by Crippen LogP contribution is -2.22. The average molecular weight is 351 g/mol. The Kier molecular flexibility index (Phi) is 4.51. The van der Waals surface area contributed by atoms with Crippen molar-refractivity contribution in [3.05, 3.63) is 48.0 Å². The summed E-state index contributed by atoms with van der Waals surface area (Å²) in [5.74, 6) is 1.78. The molecule has 0 spiro atoms. The molecule has 0 radical (unpaired) electrons. The van der Waals surface area contributed by atoms with Gasteiger partial charge in [0.05, 0.1) is 0 Å². The van der Waals surface area contributed by atoms with Gasteiger partial charge in [0.25, 0.3) is 0 Å². The van der Waals surface area contributed by atoms with Crippen LogP contribution in [0.4, 0.5) is 0 Å². The molecule has 0 atom stereocenters. The van der Waals surface area contributed by atoms with Crippen molar-refractivity contribution in [1.82, 2.24) is 4.98 Å². The number of benzene rings is 2. The molecule has 1 N–H and O–H groups in total. The van der Waals surface area contributed by atoms with Gasteiger partial charge in [0, 0.05) is 16.6 Å². The third-order valence-corrected chi connectivity index (χ3v) is 4.02. The fourth-order valence-corrected chi connectivity index (χ4v) is 3.05. The molecule has 3 aromatic rings. The fraction of sp³-hybridized carbons (Fsp3) is 0.391. The van der Waals surface area contributed by atoms with E-state index in [-0.39, 0.29) is 11.2 Å². The van der Waals surface area contributed by atoms with Gasteiger partial charge in [-0.15, -0.1) is 0 Å². The molecule has 2 aromatic carbocycles. The third kappa shape index (κ3) is 4.21. The van der Waals surface area contributed by atoms with Gasteiger partial charge in [-0.2, -0.15) is 0 Å². The van der Waals surface area contributed by atoms with Crippen molar-refractivity contribution < 1.29 is 9.47 Å². The first-order valence-electron chi connectivity index (χ1n) is 9.13. The predicted molar refractivity (Wildman–Crippen MR) is 109 cm³/mol. The van der Waals surface area contributed by atoms with Crippen LogP contribution in [0.1, 0.15) is 47.1 Å². The van der Waals surface area contributed by atoms with Gasteiger partial charge >= 0.3 is 0 Å². The number of aryl methyl sites for hydroxylation is 1. The largest absolute Gasteiger partial charge is 0.488 e. The Labute approximate surface area is 156 Å². The minimum atomic E-state index is -0.205. The van der Waals surface area contributed by atoms with Crippen LogP contribution in [-0.4, -0.2) is 16.2 Å². The van der Waals surface area contributed by atoms with Crippen molar-refractivity contribution in [1.29, 1.82) is 0 Å². The summed E-state index contributed by atoms with van der Waals surface area (Å²) in [5.41, 5.74) is 4.23. The van der Waals surface area contributed by atoms with Crippen LogP contribution in [0.15, 0.2) is 42.5 Å². The second kappa shape index (κ2) is 6.39. The molecule has 0 bridgehead atoms. The fourth-order valence-electron chi connectivity index (χ4n) is 3.05. The molecule has 0 aliphatic rings. The minimum Gasteiger partial charge on any atom is -0.488 e. The van der Waals surface area contributed by atoms with E-state index in [1.54, 1.807) is 0 Å². The molecule has 3 heteroatoms. The van der Waals surface area contributed by atoms with Crippen molar-refractivity contribution >= 4 is 10.9 Å². The van der Waals surface area contributed by atoms with E-state index in [4.69, 9.17) is 9.47 Å². The highest BCUT2D eigenvalue weighted by Crippen LogP contribution is 2.33. The van der Waals surface area contributed by atoms with Gasteiger partial charge in [-0.3, -0.25) is 0 Å². The molecule has 0 aliphatic carbocycles. The van der Waals surface area contributed by atoms with Gasteiger partial charge in [0.15, 0.2) is 0 Å². The van der Waals surface area contributed by atoms with E-state index < -0.39 is 0 Å². The normalized spacial score (nSPS) is 12.4. The van der Waals surface area contributed by atoms with Gasteiger partial charge in [-0.05, 0) is 102 Å². The van der Waals surface area contributed by atoms with Crippen molar-refractivity contribution in [3.8, 4) is 22.8 Å². The summed E-state index contributed by atoms with van der Waals surface area (Å²) in [6.45, 7) is 14.5. The lowest BCUT2D eigenvalue weighted by Gasteiger charge is -2.21. The summed E-state index contributed by atoms with van der Waals surface area (Å²) in [5, 5.41) is 1.19. The van der Waals surface area contributed by atoms with Crippen LogP contribution in [0.2, 0.25) is 0 Å². The Morgan fingerprint density at radius 2 is 1.27 bits per heavy atom. The number of aromatic amines is 1. The van der Waals surface area contributed by atoms with Crippen LogP contribution in [0.3, 0.4) is 0 Å². The number of fused-ring (bicyclic) bond motifs is 1. The zero-order valence-electron chi connectivity index (χ0n) is 16.9. The van der Waals surface area contributed by atoms with Crippen LogP contribution in [-0.2, 0) is 0 Å². The van der Waals surface area contributed by atoms with Gasteiger partial charge in [-0.1, -0.05) is 0 Å². The molecule has 0 fully saturated rings. The Morgan fingerprint density at radius 1 is 0.731 bits per heavy atom. The molecule has 0 aliphatic heterocycles. The highest BCUT2D eigenvalue weighted by atomic mass is 16.5. The first kappa shape index (κ1) is 18.4.